The highest BCUT2D eigenvalue weighted by atomic mass is 16.5. The van der Waals surface area contributed by atoms with Crippen LogP contribution in [0, 0.1) is 5.92 Å². The Morgan fingerprint density at radius 2 is 2.04 bits per heavy atom. The summed E-state index contributed by atoms with van der Waals surface area (Å²) in [5, 5.41) is 0. The zero-order valence-corrected chi connectivity index (χ0v) is 13.2. The van der Waals surface area contributed by atoms with Crippen LogP contribution in [-0.4, -0.2) is 25.3 Å². The number of fused-ring (bicyclic) bond motifs is 1. The Morgan fingerprint density at radius 3 is 2.83 bits per heavy atom. The van der Waals surface area contributed by atoms with Gasteiger partial charge in [-0.15, -0.1) is 0 Å². The third kappa shape index (κ3) is 2.87. The number of hydrogen-bond donors (Lipinski definition) is 0. The van der Waals surface area contributed by atoms with Gasteiger partial charge in [0.05, 0.1) is 23.6 Å². The van der Waals surface area contributed by atoms with Crippen molar-refractivity contribution in [3.05, 3.63) is 60.7 Å². The molecule has 3 heterocycles. The lowest BCUT2D eigenvalue weighted by molar-refractivity contribution is 0.0108. The van der Waals surface area contributed by atoms with Crippen molar-refractivity contribution in [2.24, 2.45) is 5.92 Å². The minimum atomic E-state index is -0.387. The predicted molar refractivity (Wildman–Crippen MR) is 87.3 cm³/mol. The molecular weight excluding hydrogens is 304 g/mol. The molecule has 24 heavy (non-hydrogen) atoms. The monoisotopic (exact) mass is 322 g/mol. The number of carbonyl (C=O) groups excluding carboxylic acids is 1. The first kappa shape index (κ1) is 14.8. The van der Waals surface area contributed by atoms with Gasteiger partial charge in [-0.2, -0.15) is 0 Å². The lowest BCUT2D eigenvalue weighted by Gasteiger charge is -2.22. The SMILES string of the molecule is O=C(O[C@@H](c1ncccn1)C1CCCC1)c1ccn2cncc2c1. The van der Waals surface area contributed by atoms with Crippen molar-refractivity contribution in [3.8, 4) is 0 Å². The summed E-state index contributed by atoms with van der Waals surface area (Å²) < 4.78 is 7.69. The van der Waals surface area contributed by atoms with Gasteiger partial charge < -0.3 is 9.14 Å². The van der Waals surface area contributed by atoms with Crippen molar-refractivity contribution in [3.63, 3.8) is 0 Å². The fraction of sp³-hybridized carbons (Fsp3) is 0.333. The molecule has 1 fully saturated rings. The predicted octanol–water partition coefficient (Wildman–Crippen LogP) is 3.21. The second-order valence-electron chi connectivity index (χ2n) is 6.12. The highest BCUT2D eigenvalue weighted by molar-refractivity contribution is 5.90. The molecule has 1 aliphatic rings. The van der Waals surface area contributed by atoms with Gasteiger partial charge in [-0.3, -0.25) is 0 Å². The quantitative estimate of drug-likeness (QED) is 0.690. The molecule has 0 saturated heterocycles. The van der Waals surface area contributed by atoms with Gasteiger partial charge in [0.15, 0.2) is 11.9 Å². The van der Waals surface area contributed by atoms with Gasteiger partial charge in [-0.1, -0.05) is 12.8 Å². The summed E-state index contributed by atoms with van der Waals surface area (Å²) in [4.78, 5) is 25.3. The molecule has 0 spiro atoms. The van der Waals surface area contributed by atoms with Crippen molar-refractivity contribution < 1.29 is 9.53 Å². The van der Waals surface area contributed by atoms with Crippen molar-refractivity contribution in [2.75, 3.05) is 0 Å². The van der Waals surface area contributed by atoms with Crippen LogP contribution in [0.15, 0.2) is 49.3 Å². The summed E-state index contributed by atoms with van der Waals surface area (Å²) in [6.45, 7) is 0. The van der Waals surface area contributed by atoms with Crippen molar-refractivity contribution in [2.45, 2.75) is 31.8 Å². The fourth-order valence-electron chi connectivity index (χ4n) is 3.31. The van der Waals surface area contributed by atoms with Gasteiger partial charge >= 0.3 is 5.97 Å². The zero-order valence-electron chi connectivity index (χ0n) is 13.2. The summed E-state index contributed by atoms with van der Waals surface area (Å²) >= 11 is 0. The van der Waals surface area contributed by atoms with Crippen LogP contribution in [0.3, 0.4) is 0 Å². The molecule has 122 valence electrons. The number of pyridine rings is 1. The topological polar surface area (TPSA) is 69.4 Å². The molecular formula is C18H18N4O2. The van der Waals surface area contributed by atoms with Crippen LogP contribution >= 0.6 is 0 Å². The van der Waals surface area contributed by atoms with Crippen LogP contribution in [0.2, 0.25) is 0 Å². The van der Waals surface area contributed by atoms with Crippen LogP contribution < -0.4 is 0 Å². The average Bonchev–Trinajstić information content (AvgIpc) is 3.31. The van der Waals surface area contributed by atoms with Gasteiger partial charge in [0, 0.05) is 24.5 Å². The molecule has 1 saturated carbocycles. The van der Waals surface area contributed by atoms with Crippen LogP contribution in [0.1, 0.15) is 48.0 Å². The Bertz CT molecular complexity index is 840. The highest BCUT2D eigenvalue weighted by Gasteiger charge is 2.31. The van der Waals surface area contributed by atoms with Crippen LogP contribution in [-0.2, 0) is 4.74 Å². The number of ether oxygens (including phenoxy) is 1. The molecule has 0 amide bonds. The van der Waals surface area contributed by atoms with E-state index < -0.39 is 0 Å². The van der Waals surface area contributed by atoms with E-state index in [1.807, 2.05) is 10.6 Å². The van der Waals surface area contributed by atoms with Gasteiger partial charge in [-0.05, 0) is 31.0 Å². The van der Waals surface area contributed by atoms with Gasteiger partial charge in [0.2, 0.25) is 0 Å². The summed E-state index contributed by atoms with van der Waals surface area (Å²) in [6, 6.07) is 5.30. The van der Waals surface area contributed by atoms with Crippen LogP contribution in [0.5, 0.6) is 0 Å². The second-order valence-corrected chi connectivity index (χ2v) is 6.12. The Balaban J connectivity index is 1.60. The third-order valence-corrected chi connectivity index (χ3v) is 4.55. The summed E-state index contributed by atoms with van der Waals surface area (Å²) in [7, 11) is 0. The van der Waals surface area contributed by atoms with E-state index >= 15 is 0 Å². The zero-order chi connectivity index (χ0) is 16.4. The van der Waals surface area contributed by atoms with E-state index in [1.54, 1.807) is 43.1 Å². The first-order valence-corrected chi connectivity index (χ1v) is 8.21. The smallest absolute Gasteiger partial charge is 0.338 e. The van der Waals surface area contributed by atoms with Gasteiger partial charge in [0.25, 0.3) is 0 Å². The number of imidazole rings is 1. The highest BCUT2D eigenvalue weighted by Crippen LogP contribution is 2.37. The number of carbonyl (C=O) groups is 1. The van der Waals surface area contributed by atoms with Crippen molar-refractivity contribution in [1.29, 1.82) is 0 Å². The number of rotatable bonds is 4. The lowest BCUT2D eigenvalue weighted by atomic mass is 10.00. The molecule has 0 unspecified atom stereocenters. The number of hydrogen-bond acceptors (Lipinski definition) is 5. The van der Waals surface area contributed by atoms with E-state index in [1.165, 1.54) is 0 Å². The minimum Gasteiger partial charge on any atom is -0.450 e. The van der Waals surface area contributed by atoms with Crippen molar-refractivity contribution >= 4 is 11.5 Å². The summed E-state index contributed by atoms with van der Waals surface area (Å²) in [5.74, 6) is 0.529. The molecule has 3 aromatic rings. The second kappa shape index (κ2) is 6.39. The number of esters is 1. The van der Waals surface area contributed by atoms with Gasteiger partial charge in [-0.25, -0.2) is 19.7 Å². The number of nitrogens with zero attached hydrogens (tertiary/aromatic N) is 4. The van der Waals surface area contributed by atoms with E-state index in [-0.39, 0.29) is 18.0 Å². The van der Waals surface area contributed by atoms with E-state index in [0.29, 0.717) is 11.4 Å². The van der Waals surface area contributed by atoms with Crippen LogP contribution in [0.4, 0.5) is 0 Å². The van der Waals surface area contributed by atoms with E-state index in [2.05, 4.69) is 15.0 Å². The van der Waals surface area contributed by atoms with Crippen molar-refractivity contribution in [1.82, 2.24) is 19.4 Å². The molecule has 0 aliphatic heterocycles. The Hall–Kier alpha value is -2.76. The molecule has 0 radical (unpaired) electrons. The summed E-state index contributed by atoms with van der Waals surface area (Å²) in [6.07, 6.45) is 12.6. The Labute approximate surface area is 139 Å². The Morgan fingerprint density at radius 1 is 1.25 bits per heavy atom. The number of aromatic nitrogens is 4. The standard InChI is InChI=1S/C18H18N4O2/c23-18(14-6-9-22-12-19-11-15(22)10-14)24-16(13-4-1-2-5-13)17-20-7-3-8-21-17/h3,6-13,16H,1-2,4-5H2/t16-/m1/s1. The maximum atomic E-state index is 12.6. The Kier molecular flexibility index (Phi) is 3.94. The molecule has 6 nitrogen and oxygen atoms in total. The normalized spacial score (nSPS) is 16.3. The maximum absolute atomic E-state index is 12.6. The molecule has 0 bridgehead atoms. The van der Waals surface area contributed by atoms with E-state index in [4.69, 9.17) is 4.74 Å². The third-order valence-electron chi connectivity index (χ3n) is 4.55. The molecule has 0 aromatic carbocycles. The lowest BCUT2D eigenvalue weighted by Crippen LogP contribution is -2.20. The van der Waals surface area contributed by atoms with E-state index in [9.17, 15) is 4.79 Å². The molecule has 3 aromatic heterocycles. The molecule has 4 rings (SSSR count). The van der Waals surface area contributed by atoms with Crippen LogP contribution in [0.25, 0.3) is 5.52 Å². The minimum absolute atomic E-state index is 0.287. The first-order valence-electron chi connectivity index (χ1n) is 8.21. The average molecular weight is 322 g/mol. The molecule has 1 atom stereocenters. The van der Waals surface area contributed by atoms with E-state index in [0.717, 1.165) is 31.2 Å². The molecule has 1 aliphatic carbocycles. The molecule has 0 N–H and O–H groups in total. The largest absolute Gasteiger partial charge is 0.450 e. The fourth-order valence-corrected chi connectivity index (χ4v) is 3.31. The maximum Gasteiger partial charge on any atom is 0.338 e. The summed E-state index contributed by atoms with van der Waals surface area (Å²) in [5.41, 5.74) is 1.37. The van der Waals surface area contributed by atoms with Gasteiger partial charge in [0.1, 0.15) is 0 Å². The first-order chi connectivity index (χ1) is 11.8. The molecule has 6 heteroatoms.